The fourth-order valence-electron chi connectivity index (χ4n) is 4.59. The van der Waals surface area contributed by atoms with Gasteiger partial charge >= 0.3 is 6.18 Å². The molecule has 2 saturated carbocycles. The summed E-state index contributed by atoms with van der Waals surface area (Å²) in [6.45, 7) is 0. The molecule has 0 unspecified atom stereocenters. The Morgan fingerprint density at radius 2 is 1.50 bits per heavy atom. The lowest BCUT2D eigenvalue weighted by molar-refractivity contribution is -0.141. The second-order valence-electron chi connectivity index (χ2n) is 7.90. The van der Waals surface area contributed by atoms with Gasteiger partial charge in [0, 0.05) is 12.1 Å². The van der Waals surface area contributed by atoms with E-state index in [2.05, 4.69) is 14.9 Å². The van der Waals surface area contributed by atoms with Crippen molar-refractivity contribution in [2.75, 3.05) is 4.90 Å². The Morgan fingerprint density at radius 3 is 2.00 bits per heavy atom. The van der Waals surface area contributed by atoms with Crippen LogP contribution in [0.2, 0.25) is 0 Å². The van der Waals surface area contributed by atoms with Crippen molar-refractivity contribution >= 4 is 5.95 Å². The van der Waals surface area contributed by atoms with Gasteiger partial charge in [-0.3, -0.25) is 0 Å². The quantitative estimate of drug-likeness (QED) is 0.618. The van der Waals surface area contributed by atoms with Gasteiger partial charge in [-0.05, 0) is 43.9 Å². The monoisotopic (exact) mass is 393 g/mol. The van der Waals surface area contributed by atoms with Crippen LogP contribution in [0, 0.1) is 0 Å². The maximum absolute atomic E-state index is 13.6. The van der Waals surface area contributed by atoms with Gasteiger partial charge in [-0.25, -0.2) is 9.97 Å². The molecule has 7 heteroatoms. The van der Waals surface area contributed by atoms with E-state index in [0.717, 1.165) is 57.4 Å². The van der Waals surface area contributed by atoms with Gasteiger partial charge in [0.05, 0.1) is 6.26 Å². The molecule has 0 radical (unpaired) electrons. The molecule has 2 heterocycles. The third-order valence-corrected chi connectivity index (χ3v) is 5.95. The molecular formula is C21H26F3N3O. The standard InChI is InChI=1S/C21H26F3N3O/c22-21(23,24)19-14-17(18-12-7-13-28-18)25-20(26-19)27(15-8-3-1-4-9-15)16-10-5-2-6-11-16/h7,12-16H,1-6,8-11H2. The zero-order chi connectivity index (χ0) is 19.6. The fraction of sp³-hybridized carbons (Fsp3) is 0.619. The highest BCUT2D eigenvalue weighted by Gasteiger charge is 2.37. The summed E-state index contributed by atoms with van der Waals surface area (Å²) in [4.78, 5) is 10.7. The van der Waals surface area contributed by atoms with Crippen molar-refractivity contribution in [2.24, 2.45) is 0 Å². The predicted molar refractivity (Wildman–Crippen MR) is 101 cm³/mol. The highest BCUT2D eigenvalue weighted by atomic mass is 19.4. The molecule has 0 amide bonds. The molecule has 0 saturated heterocycles. The molecule has 2 aromatic heterocycles. The zero-order valence-corrected chi connectivity index (χ0v) is 15.9. The van der Waals surface area contributed by atoms with E-state index in [0.29, 0.717) is 5.76 Å². The van der Waals surface area contributed by atoms with E-state index in [1.165, 1.54) is 19.1 Å². The molecule has 4 nitrogen and oxygen atoms in total. The smallest absolute Gasteiger partial charge is 0.433 e. The largest absolute Gasteiger partial charge is 0.463 e. The van der Waals surface area contributed by atoms with Gasteiger partial charge in [-0.2, -0.15) is 13.2 Å². The molecule has 152 valence electrons. The summed E-state index contributed by atoms with van der Waals surface area (Å²) < 4.78 is 46.1. The third-order valence-electron chi connectivity index (χ3n) is 5.95. The first-order valence-electron chi connectivity index (χ1n) is 10.3. The normalized spacial score (nSPS) is 19.7. The highest BCUT2D eigenvalue weighted by molar-refractivity contribution is 5.55. The number of rotatable bonds is 4. The summed E-state index contributed by atoms with van der Waals surface area (Å²) in [5, 5.41) is 0. The number of hydrogen-bond acceptors (Lipinski definition) is 4. The molecule has 4 rings (SSSR count). The second kappa shape index (κ2) is 8.13. The van der Waals surface area contributed by atoms with Crippen LogP contribution >= 0.6 is 0 Å². The van der Waals surface area contributed by atoms with Crippen molar-refractivity contribution in [3.63, 3.8) is 0 Å². The SMILES string of the molecule is FC(F)(F)c1cc(-c2ccco2)nc(N(C2CCCCC2)C2CCCCC2)n1. The average molecular weight is 393 g/mol. The third kappa shape index (κ3) is 4.18. The lowest BCUT2D eigenvalue weighted by Gasteiger charge is -2.42. The Kier molecular flexibility index (Phi) is 5.60. The van der Waals surface area contributed by atoms with Crippen LogP contribution in [0.4, 0.5) is 19.1 Å². The van der Waals surface area contributed by atoms with E-state index in [-0.39, 0.29) is 23.7 Å². The van der Waals surface area contributed by atoms with E-state index in [4.69, 9.17) is 4.42 Å². The lowest BCUT2D eigenvalue weighted by atomic mass is 9.89. The van der Waals surface area contributed by atoms with Gasteiger partial charge in [0.1, 0.15) is 5.69 Å². The lowest BCUT2D eigenvalue weighted by Crippen LogP contribution is -2.46. The first kappa shape index (κ1) is 19.3. The Bertz CT molecular complexity index is 746. The summed E-state index contributed by atoms with van der Waals surface area (Å²) in [6, 6.07) is 4.71. The topological polar surface area (TPSA) is 42.2 Å². The Balaban J connectivity index is 1.78. The summed E-state index contributed by atoms with van der Waals surface area (Å²) in [6.07, 6.45) is 7.71. The minimum atomic E-state index is -4.52. The Morgan fingerprint density at radius 1 is 0.893 bits per heavy atom. The molecule has 2 aliphatic rings. The van der Waals surface area contributed by atoms with Crippen molar-refractivity contribution < 1.29 is 17.6 Å². The van der Waals surface area contributed by atoms with Crippen LogP contribution in [0.1, 0.15) is 69.9 Å². The number of alkyl halides is 3. The van der Waals surface area contributed by atoms with E-state index in [1.54, 1.807) is 12.1 Å². The minimum absolute atomic E-state index is 0.193. The van der Waals surface area contributed by atoms with Crippen LogP contribution in [-0.2, 0) is 6.18 Å². The van der Waals surface area contributed by atoms with Crippen LogP contribution in [0.25, 0.3) is 11.5 Å². The van der Waals surface area contributed by atoms with E-state index >= 15 is 0 Å². The number of furan rings is 1. The van der Waals surface area contributed by atoms with Crippen LogP contribution in [-0.4, -0.2) is 22.1 Å². The van der Waals surface area contributed by atoms with Crippen molar-refractivity contribution in [3.8, 4) is 11.5 Å². The number of aromatic nitrogens is 2. The van der Waals surface area contributed by atoms with Gasteiger partial charge in [0.25, 0.3) is 0 Å². The average Bonchev–Trinajstić information content (AvgIpc) is 3.24. The van der Waals surface area contributed by atoms with Gasteiger partial charge in [-0.1, -0.05) is 38.5 Å². The number of halogens is 3. The molecule has 2 fully saturated rings. The first-order valence-corrected chi connectivity index (χ1v) is 10.3. The van der Waals surface area contributed by atoms with Gasteiger partial charge in [-0.15, -0.1) is 0 Å². The Hall–Kier alpha value is -2.05. The van der Waals surface area contributed by atoms with Crippen LogP contribution in [0.3, 0.4) is 0 Å². The summed E-state index contributed by atoms with van der Waals surface area (Å²) in [5.74, 6) is 0.543. The van der Waals surface area contributed by atoms with Crippen molar-refractivity contribution in [1.82, 2.24) is 9.97 Å². The van der Waals surface area contributed by atoms with Crippen LogP contribution < -0.4 is 4.90 Å². The van der Waals surface area contributed by atoms with Crippen molar-refractivity contribution in [3.05, 3.63) is 30.2 Å². The van der Waals surface area contributed by atoms with Crippen molar-refractivity contribution in [1.29, 1.82) is 0 Å². The van der Waals surface area contributed by atoms with E-state index < -0.39 is 11.9 Å². The summed E-state index contributed by atoms with van der Waals surface area (Å²) in [5.41, 5.74) is -0.709. The maximum Gasteiger partial charge on any atom is 0.433 e. The fourth-order valence-corrected chi connectivity index (χ4v) is 4.59. The van der Waals surface area contributed by atoms with Gasteiger partial charge < -0.3 is 9.32 Å². The molecule has 2 aliphatic carbocycles. The summed E-state index contributed by atoms with van der Waals surface area (Å²) in [7, 11) is 0. The minimum Gasteiger partial charge on any atom is -0.463 e. The van der Waals surface area contributed by atoms with Gasteiger partial charge in [0.15, 0.2) is 11.5 Å². The number of anilines is 1. The summed E-state index contributed by atoms with van der Waals surface area (Å²) >= 11 is 0. The van der Waals surface area contributed by atoms with E-state index in [9.17, 15) is 13.2 Å². The highest BCUT2D eigenvalue weighted by Crippen LogP contribution is 2.36. The van der Waals surface area contributed by atoms with Crippen LogP contribution in [0.15, 0.2) is 28.9 Å². The molecule has 2 aromatic rings. The van der Waals surface area contributed by atoms with Gasteiger partial charge in [0.2, 0.25) is 5.95 Å². The predicted octanol–water partition coefficient (Wildman–Crippen LogP) is 6.23. The molecule has 28 heavy (non-hydrogen) atoms. The zero-order valence-electron chi connectivity index (χ0n) is 15.9. The van der Waals surface area contributed by atoms with E-state index in [1.807, 2.05) is 0 Å². The number of nitrogens with zero attached hydrogens (tertiary/aromatic N) is 3. The molecule has 0 aliphatic heterocycles. The maximum atomic E-state index is 13.6. The molecule has 0 N–H and O–H groups in total. The Labute approximate surface area is 163 Å². The molecular weight excluding hydrogens is 367 g/mol. The molecule has 0 atom stereocenters. The number of hydrogen-bond donors (Lipinski definition) is 0. The van der Waals surface area contributed by atoms with Crippen LogP contribution in [0.5, 0.6) is 0 Å². The molecule has 0 bridgehead atoms. The second-order valence-corrected chi connectivity index (χ2v) is 7.90. The first-order chi connectivity index (χ1) is 13.5. The molecule has 0 aromatic carbocycles. The molecule has 0 spiro atoms. The van der Waals surface area contributed by atoms with Crippen molar-refractivity contribution in [2.45, 2.75) is 82.5 Å².